The molecule has 2 aliphatic rings. The topological polar surface area (TPSA) is 186 Å². The zero-order valence-corrected chi connectivity index (χ0v) is 30.6. The summed E-state index contributed by atoms with van der Waals surface area (Å²) in [5.74, 6) is 0.114. The van der Waals surface area contributed by atoms with Gasteiger partial charge in [-0.2, -0.15) is 10.2 Å². The van der Waals surface area contributed by atoms with Crippen molar-refractivity contribution >= 4 is 25.3 Å². The Morgan fingerprint density at radius 3 is 2.25 bits per heavy atom. The Kier molecular flexibility index (Phi) is 13.1. The molecule has 13 nitrogen and oxygen atoms in total. The number of hydrogen-bond acceptors (Lipinski definition) is 9. The van der Waals surface area contributed by atoms with Crippen LogP contribution in [0.25, 0.3) is 11.1 Å². The van der Waals surface area contributed by atoms with E-state index in [9.17, 15) is 29.0 Å². The van der Waals surface area contributed by atoms with Gasteiger partial charge in [0.15, 0.2) is 0 Å². The Morgan fingerprint density at radius 1 is 1.09 bits per heavy atom. The van der Waals surface area contributed by atoms with Crippen molar-refractivity contribution in [2.75, 3.05) is 11.9 Å². The zero-order valence-electron chi connectivity index (χ0n) is 25.7. The zero-order chi connectivity index (χ0) is 30.2. The summed E-state index contributed by atoms with van der Waals surface area (Å²) in [4.78, 5) is 48.9. The second-order valence-corrected chi connectivity index (χ2v) is 12.4. The van der Waals surface area contributed by atoms with Crippen LogP contribution in [-0.4, -0.2) is 49.1 Å². The van der Waals surface area contributed by atoms with Gasteiger partial charge >= 0.3 is 59.1 Å². The molecule has 0 bridgehead atoms. The van der Waals surface area contributed by atoms with Gasteiger partial charge in [-0.05, 0) is 88.0 Å². The second kappa shape index (κ2) is 15.5. The van der Waals surface area contributed by atoms with Crippen LogP contribution in [0.15, 0.2) is 36.5 Å². The molecule has 2 heterocycles. The number of aromatic nitrogens is 4. The molecule has 2 amide bonds. The number of nitrogens with zero attached hydrogens (tertiary/aromatic N) is 4. The molecule has 0 radical (unpaired) electrons. The number of benzene rings is 1. The van der Waals surface area contributed by atoms with Gasteiger partial charge < -0.3 is 34.6 Å². The van der Waals surface area contributed by atoms with E-state index in [0.29, 0.717) is 28.9 Å². The Balaban J connectivity index is 0.00000264. The number of aliphatic hydroxyl groups excluding tert-OH is 1. The third-order valence-corrected chi connectivity index (χ3v) is 8.46. The SMILES string of the molecule is Cc1nn(COP(=O)([O-])[O-])c(C)c1-c1ccc(NC(=O)[C@@H](NC(=O)c2ccnn2[C@@H](C)CO)C(C2CC2)C2CC2)cc1.[Na+].[Na+]. The maximum Gasteiger partial charge on any atom is 1.00 e. The average Bonchev–Trinajstić information content (AvgIpc) is 3.88. The third kappa shape index (κ3) is 8.92. The minimum Gasteiger partial charge on any atom is -0.790 e. The van der Waals surface area contributed by atoms with E-state index >= 15 is 0 Å². The molecule has 226 valence electrons. The van der Waals surface area contributed by atoms with Gasteiger partial charge in [0.25, 0.3) is 5.91 Å². The number of amides is 2. The number of hydrogen-bond donors (Lipinski definition) is 3. The minimum atomic E-state index is -5.14. The number of anilines is 1. The average molecular weight is 645 g/mol. The molecule has 5 rings (SSSR count). The number of aryl methyl sites for hydroxylation is 1. The molecule has 3 aromatic rings. The molecule has 0 saturated heterocycles. The quantitative estimate of drug-likeness (QED) is 0.123. The standard InChI is InChI=1S/C28H37N6O7P.2Na/c1-16(14-35)34-23(12-13-29-34)27(36)31-26(25(20-4-5-20)21-6-7-21)28(37)30-22-10-8-19(9-11-22)24-17(2)32-33(18(24)3)15-41-42(38,39)40;;/h8-13,16,20-21,25-26,35H,4-7,14-15H2,1-3H3,(H,30,37)(H,31,36)(H2,38,39,40);;/q;2*+1/p-2/t16-,26-;;/m0../s1. The minimum absolute atomic E-state index is 0. The maximum atomic E-state index is 13.7. The summed E-state index contributed by atoms with van der Waals surface area (Å²) in [6, 6.07) is 7.59. The van der Waals surface area contributed by atoms with Crippen LogP contribution in [0, 0.1) is 31.6 Å². The largest absolute Gasteiger partial charge is 1.00 e. The number of phosphoric acid groups is 1. The fraction of sp³-hybridized carbons (Fsp3) is 0.500. The number of carbonyl (C=O) groups is 2. The van der Waals surface area contributed by atoms with Crippen LogP contribution in [-0.2, 0) is 20.6 Å². The van der Waals surface area contributed by atoms with Gasteiger partial charge in [-0.1, -0.05) is 12.1 Å². The first-order valence-corrected chi connectivity index (χ1v) is 15.5. The molecular weight excluding hydrogens is 609 g/mol. The predicted octanol–water partition coefficient (Wildman–Crippen LogP) is -4.10. The summed E-state index contributed by atoms with van der Waals surface area (Å²) >= 11 is 0. The maximum absolute atomic E-state index is 13.7. The molecule has 2 aromatic heterocycles. The van der Waals surface area contributed by atoms with Crippen molar-refractivity contribution in [3.63, 3.8) is 0 Å². The number of nitrogens with one attached hydrogen (secondary N) is 2. The molecule has 0 unspecified atom stereocenters. The fourth-order valence-corrected chi connectivity index (χ4v) is 5.92. The first-order chi connectivity index (χ1) is 20.0. The molecule has 2 aliphatic carbocycles. The van der Waals surface area contributed by atoms with E-state index < -0.39 is 26.5 Å². The molecule has 16 heteroatoms. The predicted molar refractivity (Wildman–Crippen MR) is 149 cm³/mol. The molecule has 0 spiro atoms. The van der Waals surface area contributed by atoms with E-state index in [-0.39, 0.29) is 89.3 Å². The molecule has 1 aromatic carbocycles. The molecule has 44 heavy (non-hydrogen) atoms. The van der Waals surface area contributed by atoms with Crippen molar-refractivity contribution in [1.82, 2.24) is 24.9 Å². The molecule has 3 N–H and O–H groups in total. The van der Waals surface area contributed by atoms with Crippen LogP contribution in [0.1, 0.15) is 60.5 Å². The summed E-state index contributed by atoms with van der Waals surface area (Å²) in [7, 11) is -5.14. The summed E-state index contributed by atoms with van der Waals surface area (Å²) < 4.78 is 18.0. The van der Waals surface area contributed by atoms with Crippen molar-refractivity contribution in [3.8, 4) is 11.1 Å². The monoisotopic (exact) mass is 644 g/mol. The van der Waals surface area contributed by atoms with Crippen molar-refractivity contribution in [2.24, 2.45) is 17.8 Å². The van der Waals surface area contributed by atoms with Gasteiger partial charge in [0.05, 0.1) is 26.2 Å². The number of aliphatic hydroxyl groups is 1. The van der Waals surface area contributed by atoms with Crippen molar-refractivity contribution in [1.29, 1.82) is 0 Å². The molecule has 0 aliphatic heterocycles. The van der Waals surface area contributed by atoms with E-state index in [0.717, 1.165) is 36.8 Å². The van der Waals surface area contributed by atoms with E-state index in [2.05, 4.69) is 25.4 Å². The van der Waals surface area contributed by atoms with Crippen LogP contribution in [0.5, 0.6) is 0 Å². The van der Waals surface area contributed by atoms with E-state index in [1.807, 2.05) is 12.1 Å². The van der Waals surface area contributed by atoms with Gasteiger partial charge in [-0.25, -0.2) is 4.68 Å². The van der Waals surface area contributed by atoms with Crippen LogP contribution >= 0.6 is 7.82 Å². The Bertz CT molecular complexity index is 1490. The van der Waals surface area contributed by atoms with Crippen LogP contribution in [0.2, 0.25) is 0 Å². The second-order valence-electron chi connectivity index (χ2n) is 11.2. The van der Waals surface area contributed by atoms with Gasteiger partial charge in [0.1, 0.15) is 18.5 Å². The van der Waals surface area contributed by atoms with Crippen LogP contribution < -0.4 is 79.5 Å². The Hall–Kier alpha value is -1.35. The van der Waals surface area contributed by atoms with Crippen molar-refractivity contribution < 1.29 is 92.7 Å². The van der Waals surface area contributed by atoms with Crippen molar-refractivity contribution in [2.45, 2.75) is 65.3 Å². The normalized spacial score (nSPS) is 16.1. The smallest absolute Gasteiger partial charge is 0.790 e. The summed E-state index contributed by atoms with van der Waals surface area (Å²) in [6.45, 7) is 4.57. The van der Waals surface area contributed by atoms with Crippen LogP contribution in [0.3, 0.4) is 0 Å². The first kappa shape index (κ1) is 37.1. The summed E-state index contributed by atoms with van der Waals surface area (Å²) in [6.07, 6.45) is 5.64. The van der Waals surface area contributed by atoms with E-state index in [4.69, 9.17) is 0 Å². The van der Waals surface area contributed by atoms with Crippen LogP contribution in [0.4, 0.5) is 5.69 Å². The van der Waals surface area contributed by atoms with Gasteiger partial charge in [0, 0.05) is 23.1 Å². The number of rotatable bonds is 13. The Morgan fingerprint density at radius 2 is 1.70 bits per heavy atom. The number of carbonyl (C=O) groups excluding carboxylic acids is 2. The first-order valence-electron chi connectivity index (χ1n) is 14.0. The van der Waals surface area contributed by atoms with E-state index in [1.165, 1.54) is 15.6 Å². The number of phosphoric ester groups is 1. The summed E-state index contributed by atoms with van der Waals surface area (Å²) in [5.41, 5.74) is 3.61. The van der Waals surface area contributed by atoms with Gasteiger partial charge in [0.2, 0.25) is 5.91 Å². The van der Waals surface area contributed by atoms with Gasteiger partial charge in [-0.15, -0.1) is 0 Å². The fourth-order valence-electron chi connectivity index (χ4n) is 5.67. The molecule has 2 saturated carbocycles. The molecule has 2 fully saturated rings. The third-order valence-electron chi connectivity index (χ3n) is 8.03. The van der Waals surface area contributed by atoms with Gasteiger partial charge in [-0.3, -0.25) is 14.3 Å². The Labute approximate surface area is 300 Å². The summed E-state index contributed by atoms with van der Waals surface area (Å²) in [5, 5.41) is 24.0. The molecule has 2 atom stereocenters. The van der Waals surface area contributed by atoms with Crippen molar-refractivity contribution in [3.05, 3.63) is 53.6 Å². The molecular formula is C28H35N6Na2O7P. The van der Waals surface area contributed by atoms with E-state index in [1.54, 1.807) is 39.0 Å².